The van der Waals surface area contributed by atoms with Crippen molar-refractivity contribution < 1.29 is 15.0 Å². The number of aliphatic carboxylic acids is 1. The van der Waals surface area contributed by atoms with Crippen molar-refractivity contribution in [3.63, 3.8) is 0 Å². The molecule has 3 rings (SSSR count). The minimum Gasteiger partial charge on any atom is -0.481 e. The third-order valence-corrected chi connectivity index (χ3v) is 6.40. The molecule has 0 saturated heterocycles. The van der Waals surface area contributed by atoms with Crippen LogP contribution >= 0.6 is 0 Å². The van der Waals surface area contributed by atoms with Gasteiger partial charge in [0, 0.05) is 0 Å². The Morgan fingerprint density at radius 1 is 1.30 bits per heavy atom. The highest BCUT2D eigenvalue weighted by Gasteiger charge is 2.56. The maximum Gasteiger partial charge on any atom is 0.309 e. The second-order valence-corrected chi connectivity index (χ2v) is 7.88. The number of aliphatic hydroxyl groups is 1. The van der Waals surface area contributed by atoms with Gasteiger partial charge in [0.15, 0.2) is 0 Å². The smallest absolute Gasteiger partial charge is 0.309 e. The van der Waals surface area contributed by atoms with Crippen LogP contribution in [0.3, 0.4) is 0 Å². The highest BCUT2D eigenvalue weighted by molar-refractivity contribution is 5.75. The van der Waals surface area contributed by atoms with Gasteiger partial charge in [-0.15, -0.1) is 0 Å². The summed E-state index contributed by atoms with van der Waals surface area (Å²) in [6.07, 6.45) is 2.50. The first-order valence-corrected chi connectivity index (χ1v) is 8.42. The Balaban J connectivity index is 2.16. The van der Waals surface area contributed by atoms with E-state index in [-0.39, 0.29) is 11.3 Å². The first-order valence-electron chi connectivity index (χ1n) is 8.42. The second-order valence-electron chi connectivity index (χ2n) is 7.88. The first kappa shape index (κ1) is 16.3. The van der Waals surface area contributed by atoms with E-state index in [0.29, 0.717) is 12.8 Å². The van der Waals surface area contributed by atoms with E-state index in [0.717, 1.165) is 35.1 Å². The van der Waals surface area contributed by atoms with Gasteiger partial charge in [-0.25, -0.2) is 0 Å². The van der Waals surface area contributed by atoms with Gasteiger partial charge in [-0.1, -0.05) is 37.6 Å². The Morgan fingerprint density at radius 3 is 2.61 bits per heavy atom. The fourth-order valence-electron chi connectivity index (χ4n) is 4.95. The number of hydrogen-bond acceptors (Lipinski definition) is 2. The van der Waals surface area contributed by atoms with Crippen LogP contribution in [0.25, 0.3) is 5.57 Å². The van der Waals surface area contributed by atoms with Crippen molar-refractivity contribution in [2.45, 2.75) is 58.0 Å². The Bertz CT molecular complexity index is 677. The molecular formula is C20H26O3. The number of fused-ring (bicyclic) bond motifs is 3. The molecule has 1 aromatic rings. The number of allylic oxidation sites excluding steroid dienone is 1. The number of aliphatic hydroxyl groups excluding tert-OH is 1. The minimum atomic E-state index is -0.765. The molecule has 1 saturated carbocycles. The molecule has 2 aliphatic rings. The fraction of sp³-hybridized carbons (Fsp3) is 0.550. The van der Waals surface area contributed by atoms with Gasteiger partial charge in [0.2, 0.25) is 0 Å². The molecule has 23 heavy (non-hydrogen) atoms. The van der Waals surface area contributed by atoms with Crippen LogP contribution in [0.1, 0.15) is 69.2 Å². The van der Waals surface area contributed by atoms with Crippen molar-refractivity contribution in [3.05, 3.63) is 41.5 Å². The van der Waals surface area contributed by atoms with Crippen molar-refractivity contribution in [2.75, 3.05) is 0 Å². The summed E-state index contributed by atoms with van der Waals surface area (Å²) in [5, 5.41) is 20.5. The van der Waals surface area contributed by atoms with Crippen molar-refractivity contribution in [1.29, 1.82) is 0 Å². The Hall–Kier alpha value is -1.61. The van der Waals surface area contributed by atoms with Gasteiger partial charge in [-0.05, 0) is 67.2 Å². The van der Waals surface area contributed by atoms with Crippen LogP contribution in [-0.4, -0.2) is 16.2 Å². The van der Waals surface area contributed by atoms with Crippen molar-refractivity contribution >= 4 is 11.5 Å². The van der Waals surface area contributed by atoms with E-state index >= 15 is 0 Å². The quantitative estimate of drug-likeness (QED) is 0.855. The minimum absolute atomic E-state index is 0.0422. The zero-order chi connectivity index (χ0) is 17.0. The lowest BCUT2D eigenvalue weighted by molar-refractivity contribution is -0.159. The Kier molecular flexibility index (Phi) is 3.68. The molecule has 0 bridgehead atoms. The highest BCUT2D eigenvalue weighted by atomic mass is 16.4. The number of hydrogen-bond donors (Lipinski definition) is 2. The largest absolute Gasteiger partial charge is 0.481 e. The molecule has 3 nitrogen and oxygen atoms in total. The summed E-state index contributed by atoms with van der Waals surface area (Å²) in [4.78, 5) is 11.9. The summed E-state index contributed by atoms with van der Waals surface area (Å²) < 4.78 is 0. The number of carbonyl (C=O) groups is 1. The number of carboxylic acid groups (broad SMARTS) is 1. The molecule has 0 spiro atoms. The third-order valence-electron chi connectivity index (χ3n) is 6.40. The zero-order valence-corrected chi connectivity index (χ0v) is 14.2. The number of carboxylic acids is 1. The first-order chi connectivity index (χ1) is 10.7. The van der Waals surface area contributed by atoms with Gasteiger partial charge in [-0.3, -0.25) is 4.79 Å². The topological polar surface area (TPSA) is 57.5 Å². The summed E-state index contributed by atoms with van der Waals surface area (Å²) in [6, 6.07) is 6.17. The van der Waals surface area contributed by atoms with Gasteiger partial charge < -0.3 is 10.2 Å². The monoisotopic (exact) mass is 314 g/mol. The van der Waals surface area contributed by atoms with Crippen LogP contribution in [0.4, 0.5) is 0 Å². The molecule has 1 fully saturated rings. The summed E-state index contributed by atoms with van der Waals surface area (Å²) in [5.74, 6) is -0.776. The maximum atomic E-state index is 11.9. The molecule has 0 heterocycles. The van der Waals surface area contributed by atoms with E-state index in [1.54, 1.807) is 0 Å². The van der Waals surface area contributed by atoms with Gasteiger partial charge in [0.1, 0.15) is 0 Å². The van der Waals surface area contributed by atoms with Gasteiger partial charge in [0.25, 0.3) is 0 Å². The highest BCUT2D eigenvalue weighted by Crippen LogP contribution is 2.59. The molecular weight excluding hydrogens is 288 g/mol. The van der Waals surface area contributed by atoms with Crippen LogP contribution < -0.4 is 0 Å². The molecule has 3 heteroatoms. The predicted octanol–water partition coefficient (Wildman–Crippen LogP) is 4.31. The van der Waals surface area contributed by atoms with E-state index in [2.05, 4.69) is 19.6 Å². The van der Waals surface area contributed by atoms with Crippen LogP contribution in [0.5, 0.6) is 0 Å². The van der Waals surface area contributed by atoms with E-state index in [1.165, 1.54) is 0 Å². The third kappa shape index (κ3) is 2.25. The van der Waals surface area contributed by atoms with Crippen LogP contribution in [0, 0.1) is 11.3 Å². The number of benzene rings is 1. The van der Waals surface area contributed by atoms with E-state index in [4.69, 9.17) is 0 Å². The van der Waals surface area contributed by atoms with Crippen molar-refractivity contribution in [2.24, 2.45) is 11.3 Å². The predicted molar refractivity (Wildman–Crippen MR) is 91.2 cm³/mol. The van der Waals surface area contributed by atoms with E-state index in [9.17, 15) is 15.0 Å². The number of rotatable bonds is 2. The lowest BCUT2D eigenvalue weighted by atomic mass is 9.49. The van der Waals surface area contributed by atoms with Crippen LogP contribution in [0.2, 0.25) is 0 Å². The van der Waals surface area contributed by atoms with Gasteiger partial charge in [-0.2, -0.15) is 0 Å². The van der Waals surface area contributed by atoms with Crippen LogP contribution in [0.15, 0.2) is 24.8 Å². The molecule has 4 atom stereocenters. The zero-order valence-electron chi connectivity index (χ0n) is 14.2. The molecule has 0 radical (unpaired) electrons. The van der Waals surface area contributed by atoms with Crippen molar-refractivity contribution in [1.82, 2.24) is 0 Å². The fourth-order valence-corrected chi connectivity index (χ4v) is 4.95. The summed E-state index contributed by atoms with van der Waals surface area (Å²) >= 11 is 0. The molecule has 0 aromatic heterocycles. The average molecular weight is 314 g/mol. The molecule has 124 valence electrons. The van der Waals surface area contributed by atoms with E-state index in [1.807, 2.05) is 26.0 Å². The summed E-state index contributed by atoms with van der Waals surface area (Å²) in [5.41, 5.74) is 3.15. The molecule has 1 unspecified atom stereocenters. The molecule has 1 aromatic carbocycles. The second kappa shape index (κ2) is 5.20. The maximum absolute atomic E-state index is 11.9. The van der Waals surface area contributed by atoms with E-state index < -0.39 is 17.5 Å². The average Bonchev–Trinajstić information content (AvgIpc) is 2.49. The standard InChI is InChI=1S/C20H26O3/c1-12(2)13-6-7-15-14(10-13)16(21)11-17-19(15,3)8-5-9-20(17,4)18(22)23/h6-7,10,16-17,21H,1,5,8-9,11H2,2-4H3,(H,22,23)/t16-,17?,19-,20-/m1/s1. The lowest BCUT2D eigenvalue weighted by Gasteiger charge is -2.54. The van der Waals surface area contributed by atoms with Crippen LogP contribution in [-0.2, 0) is 10.2 Å². The molecule has 0 aliphatic heterocycles. The summed E-state index contributed by atoms with van der Waals surface area (Å²) in [6.45, 7) is 9.99. The van der Waals surface area contributed by atoms with Gasteiger partial charge >= 0.3 is 5.97 Å². The molecule has 0 amide bonds. The molecule has 2 aliphatic carbocycles. The SMILES string of the molecule is C=C(C)c1ccc2c(c1)[C@H](O)CC1[C@](C)(C(=O)O)CCC[C@]21C. The lowest BCUT2D eigenvalue weighted by Crippen LogP contribution is -2.53. The van der Waals surface area contributed by atoms with Crippen molar-refractivity contribution in [3.8, 4) is 0 Å². The Labute approximate surface area is 138 Å². The Morgan fingerprint density at radius 2 is 2.00 bits per heavy atom. The summed E-state index contributed by atoms with van der Waals surface area (Å²) in [7, 11) is 0. The normalized spacial score (nSPS) is 36.0. The van der Waals surface area contributed by atoms with Gasteiger partial charge in [0.05, 0.1) is 11.5 Å². The molecule has 2 N–H and O–H groups in total.